The van der Waals surface area contributed by atoms with Crippen molar-refractivity contribution in [2.24, 2.45) is 0 Å². The van der Waals surface area contributed by atoms with Crippen molar-refractivity contribution in [1.82, 2.24) is 15.1 Å². The van der Waals surface area contributed by atoms with Crippen molar-refractivity contribution < 1.29 is 28.7 Å². The number of nitrogens with one attached hydrogen (secondary N) is 1. The van der Waals surface area contributed by atoms with Gasteiger partial charge in [-0.05, 0) is 12.1 Å². The molecule has 3 amide bonds. The molecule has 3 atom stereocenters. The number of esters is 1. The van der Waals surface area contributed by atoms with Crippen LogP contribution in [0.4, 0.5) is 0 Å². The molecule has 0 saturated carbocycles. The number of halogens is 3. The highest BCUT2D eigenvalue weighted by Gasteiger charge is 2.61. The van der Waals surface area contributed by atoms with E-state index in [-0.39, 0.29) is 13.2 Å². The summed E-state index contributed by atoms with van der Waals surface area (Å²) in [4.78, 5) is 51.5. The highest BCUT2D eigenvalue weighted by Crippen LogP contribution is 2.34. The van der Waals surface area contributed by atoms with Gasteiger partial charge in [0.15, 0.2) is 6.61 Å². The zero-order valence-electron chi connectivity index (χ0n) is 15.7. The van der Waals surface area contributed by atoms with E-state index in [9.17, 15) is 19.2 Å². The SMILES string of the molecule is CC(=O)N1CC2[C@@H](NC(=O)COc3ccccc3)C(=O)N2C1C(=O)OCC(Cl)(Cl)Cl. The highest BCUT2D eigenvalue weighted by atomic mass is 35.6. The molecule has 0 aliphatic carbocycles. The van der Waals surface area contributed by atoms with E-state index in [0.717, 1.165) is 0 Å². The Bertz CT molecular complexity index is 847. The molecule has 12 heteroatoms. The van der Waals surface area contributed by atoms with Crippen LogP contribution in [0.3, 0.4) is 0 Å². The second-order valence-corrected chi connectivity index (χ2v) is 9.24. The van der Waals surface area contributed by atoms with Gasteiger partial charge in [0.05, 0.1) is 6.04 Å². The molecule has 1 aromatic rings. The molecule has 2 heterocycles. The summed E-state index contributed by atoms with van der Waals surface area (Å²) < 4.78 is 8.47. The first-order valence-electron chi connectivity index (χ1n) is 8.88. The number of carbonyl (C=O) groups excluding carboxylic acids is 4. The number of amides is 3. The Kier molecular flexibility index (Phi) is 6.64. The Morgan fingerprint density at radius 2 is 1.87 bits per heavy atom. The number of ether oxygens (including phenoxy) is 2. The van der Waals surface area contributed by atoms with Crippen molar-refractivity contribution in [3.63, 3.8) is 0 Å². The summed E-state index contributed by atoms with van der Waals surface area (Å²) in [5.74, 6) is -1.86. The van der Waals surface area contributed by atoms with Gasteiger partial charge in [0, 0.05) is 13.5 Å². The topological polar surface area (TPSA) is 105 Å². The molecule has 1 aromatic carbocycles. The summed E-state index contributed by atoms with van der Waals surface area (Å²) in [6.45, 7) is 0.486. The van der Waals surface area contributed by atoms with E-state index in [0.29, 0.717) is 5.75 Å². The van der Waals surface area contributed by atoms with Gasteiger partial charge in [0.25, 0.3) is 5.91 Å². The van der Waals surface area contributed by atoms with Crippen molar-refractivity contribution in [1.29, 1.82) is 0 Å². The van der Waals surface area contributed by atoms with Crippen molar-refractivity contribution in [2.45, 2.75) is 29.0 Å². The van der Waals surface area contributed by atoms with E-state index in [1.54, 1.807) is 24.3 Å². The average Bonchev–Trinajstić information content (AvgIpc) is 3.05. The van der Waals surface area contributed by atoms with Gasteiger partial charge in [-0.1, -0.05) is 53.0 Å². The van der Waals surface area contributed by atoms with E-state index < -0.39 is 52.3 Å². The highest BCUT2D eigenvalue weighted by molar-refractivity contribution is 6.67. The number of hydrogen-bond acceptors (Lipinski definition) is 6. The first kappa shape index (κ1) is 22.5. The fraction of sp³-hybridized carbons (Fsp3) is 0.444. The van der Waals surface area contributed by atoms with Crippen molar-refractivity contribution >= 4 is 58.5 Å². The first-order valence-corrected chi connectivity index (χ1v) is 10.0. The zero-order chi connectivity index (χ0) is 22.1. The van der Waals surface area contributed by atoms with Crippen LogP contribution in [0.25, 0.3) is 0 Å². The van der Waals surface area contributed by atoms with E-state index in [1.165, 1.54) is 16.7 Å². The van der Waals surface area contributed by atoms with Gasteiger partial charge in [-0.15, -0.1) is 0 Å². The lowest BCUT2D eigenvalue weighted by Gasteiger charge is -2.43. The summed E-state index contributed by atoms with van der Waals surface area (Å²) >= 11 is 16.7. The Morgan fingerprint density at radius 1 is 1.20 bits per heavy atom. The molecule has 2 aliphatic heterocycles. The van der Waals surface area contributed by atoms with Crippen LogP contribution in [0.2, 0.25) is 0 Å². The molecule has 9 nitrogen and oxygen atoms in total. The Labute approximate surface area is 187 Å². The third-order valence-corrected chi connectivity index (χ3v) is 4.96. The number of hydrogen-bond donors (Lipinski definition) is 1. The maximum atomic E-state index is 12.6. The van der Waals surface area contributed by atoms with Gasteiger partial charge < -0.3 is 24.6 Å². The molecule has 0 radical (unpaired) electrons. The molecular formula is C18H18Cl3N3O6. The monoisotopic (exact) mass is 477 g/mol. The molecule has 1 N–H and O–H groups in total. The summed E-state index contributed by atoms with van der Waals surface area (Å²) in [7, 11) is 0. The van der Waals surface area contributed by atoms with E-state index in [2.05, 4.69) is 5.32 Å². The first-order chi connectivity index (χ1) is 14.1. The predicted molar refractivity (Wildman–Crippen MR) is 107 cm³/mol. The van der Waals surface area contributed by atoms with E-state index in [4.69, 9.17) is 44.3 Å². The number of nitrogens with zero attached hydrogens (tertiary/aromatic N) is 2. The number of para-hydroxylation sites is 1. The summed E-state index contributed by atoms with van der Waals surface area (Å²) in [6, 6.07) is 7.26. The van der Waals surface area contributed by atoms with Crippen LogP contribution in [-0.2, 0) is 23.9 Å². The minimum Gasteiger partial charge on any atom is -0.484 e. The van der Waals surface area contributed by atoms with Crippen LogP contribution >= 0.6 is 34.8 Å². The van der Waals surface area contributed by atoms with E-state index >= 15 is 0 Å². The van der Waals surface area contributed by atoms with E-state index in [1.807, 2.05) is 6.07 Å². The summed E-state index contributed by atoms with van der Waals surface area (Å²) in [6.07, 6.45) is -1.28. The molecule has 2 fully saturated rings. The molecule has 162 valence electrons. The van der Waals surface area contributed by atoms with Crippen molar-refractivity contribution in [3.05, 3.63) is 30.3 Å². The minimum absolute atomic E-state index is 0.0547. The Balaban J connectivity index is 1.61. The van der Waals surface area contributed by atoms with Gasteiger partial charge in [-0.25, -0.2) is 4.79 Å². The van der Waals surface area contributed by atoms with Crippen LogP contribution < -0.4 is 10.1 Å². The normalized spacial score (nSPS) is 22.8. The number of alkyl halides is 3. The van der Waals surface area contributed by atoms with Crippen LogP contribution in [-0.4, -0.2) is 75.3 Å². The minimum atomic E-state index is -1.83. The molecule has 2 aliphatic rings. The van der Waals surface area contributed by atoms with Gasteiger partial charge in [-0.2, -0.15) is 0 Å². The van der Waals surface area contributed by atoms with Gasteiger partial charge in [0.1, 0.15) is 18.4 Å². The number of fused-ring (bicyclic) bond motifs is 1. The third kappa shape index (κ3) is 4.91. The molecule has 30 heavy (non-hydrogen) atoms. The quantitative estimate of drug-likeness (QED) is 0.369. The van der Waals surface area contributed by atoms with Gasteiger partial charge in [-0.3, -0.25) is 14.4 Å². The average molecular weight is 479 g/mol. The number of rotatable bonds is 6. The van der Waals surface area contributed by atoms with Crippen molar-refractivity contribution in [3.8, 4) is 5.75 Å². The number of benzene rings is 1. The summed E-state index contributed by atoms with van der Waals surface area (Å²) in [5.41, 5.74) is 0. The van der Waals surface area contributed by atoms with Crippen LogP contribution in [0.15, 0.2) is 30.3 Å². The van der Waals surface area contributed by atoms with Gasteiger partial charge in [0.2, 0.25) is 21.8 Å². The van der Waals surface area contributed by atoms with Gasteiger partial charge >= 0.3 is 5.97 Å². The molecule has 0 bridgehead atoms. The fourth-order valence-electron chi connectivity index (χ4n) is 3.32. The van der Waals surface area contributed by atoms with Crippen LogP contribution in [0.5, 0.6) is 5.75 Å². The van der Waals surface area contributed by atoms with Crippen molar-refractivity contribution in [2.75, 3.05) is 19.8 Å². The smallest absolute Gasteiger partial charge is 0.350 e. The zero-order valence-corrected chi connectivity index (χ0v) is 18.0. The second kappa shape index (κ2) is 8.87. The lowest BCUT2D eigenvalue weighted by Crippen LogP contribution is -2.71. The standard InChI is InChI=1S/C18H18Cl3N3O6/c1-10(25)23-7-12-14(22-13(26)8-29-11-5-3-2-4-6-11)16(27)24(12)15(23)17(28)30-9-18(19,20)21/h2-6,12,14-15H,7-9H2,1H3,(H,22,26)/t12?,14-,15?/m1/s1. The largest absolute Gasteiger partial charge is 0.484 e. The Hall–Kier alpha value is -2.23. The molecule has 3 rings (SSSR count). The molecule has 2 saturated heterocycles. The molecular weight excluding hydrogens is 461 g/mol. The predicted octanol–water partition coefficient (Wildman–Crippen LogP) is 0.863. The second-order valence-electron chi connectivity index (χ2n) is 6.73. The van der Waals surface area contributed by atoms with Crippen LogP contribution in [0.1, 0.15) is 6.92 Å². The lowest BCUT2D eigenvalue weighted by molar-refractivity contribution is -0.169. The Morgan fingerprint density at radius 3 is 2.47 bits per heavy atom. The number of β-lactam (4-membered cyclic amide) rings is 1. The molecule has 2 unspecified atom stereocenters. The lowest BCUT2D eigenvalue weighted by atomic mass is 9.96. The maximum absolute atomic E-state index is 12.6. The maximum Gasteiger partial charge on any atom is 0.350 e. The van der Waals surface area contributed by atoms with Crippen LogP contribution in [0, 0.1) is 0 Å². The third-order valence-electron chi connectivity index (χ3n) is 4.63. The fourth-order valence-corrected chi connectivity index (χ4v) is 3.49. The summed E-state index contributed by atoms with van der Waals surface area (Å²) in [5, 5.41) is 2.57. The number of carbonyl (C=O) groups is 4. The molecule has 0 spiro atoms. The molecule has 0 aromatic heterocycles.